The molecule has 0 aromatic carbocycles. The van der Waals surface area contributed by atoms with Gasteiger partial charge < -0.3 is 20.4 Å². The van der Waals surface area contributed by atoms with Crippen LogP contribution in [0.15, 0.2) is 30.9 Å². The van der Waals surface area contributed by atoms with Gasteiger partial charge in [-0.3, -0.25) is 4.98 Å². The van der Waals surface area contributed by atoms with Crippen molar-refractivity contribution < 1.29 is 9.53 Å². The number of hydrogen-bond acceptors (Lipinski definition) is 7. The Morgan fingerprint density at radius 1 is 1.26 bits per heavy atom. The van der Waals surface area contributed by atoms with E-state index < -0.39 is 6.09 Å². The first-order valence-electron chi connectivity index (χ1n) is 8.57. The number of nitrogens with one attached hydrogen (secondary N) is 1. The highest BCUT2D eigenvalue weighted by Gasteiger charge is 2.10. The lowest BCUT2D eigenvalue weighted by atomic mass is 10.2. The highest BCUT2D eigenvalue weighted by Crippen LogP contribution is 2.18. The van der Waals surface area contributed by atoms with Gasteiger partial charge in [-0.05, 0) is 48.6 Å². The normalized spacial score (nSPS) is 10.9. The molecule has 0 aliphatic carbocycles. The highest BCUT2D eigenvalue weighted by atomic mass is 35.5. The number of hydrogen-bond donors (Lipinski definition) is 2. The molecule has 9 nitrogen and oxygen atoms in total. The van der Waals surface area contributed by atoms with E-state index in [9.17, 15) is 4.79 Å². The van der Waals surface area contributed by atoms with Gasteiger partial charge in [-0.15, -0.1) is 0 Å². The number of rotatable bonds is 8. The Morgan fingerprint density at radius 2 is 2.07 bits per heavy atom. The van der Waals surface area contributed by atoms with Gasteiger partial charge in [0.2, 0.25) is 5.28 Å². The van der Waals surface area contributed by atoms with Gasteiger partial charge in [-0.25, -0.2) is 9.78 Å². The van der Waals surface area contributed by atoms with Gasteiger partial charge in [0.25, 0.3) is 0 Å². The number of imidazole rings is 1. The molecule has 3 rings (SSSR count). The molecule has 0 radical (unpaired) electrons. The molecule has 3 N–H and O–H groups in total. The van der Waals surface area contributed by atoms with Crippen molar-refractivity contribution in [3.63, 3.8) is 0 Å². The maximum absolute atomic E-state index is 11.7. The van der Waals surface area contributed by atoms with Gasteiger partial charge in [0.15, 0.2) is 11.5 Å². The molecular weight excluding hydrogens is 370 g/mol. The summed E-state index contributed by atoms with van der Waals surface area (Å²) in [5.41, 5.74) is 8.02. The third kappa shape index (κ3) is 5.27. The molecular formula is C17H20ClN7O2. The van der Waals surface area contributed by atoms with Crippen molar-refractivity contribution in [3.8, 4) is 0 Å². The van der Waals surface area contributed by atoms with Gasteiger partial charge in [0.05, 0.1) is 12.9 Å². The maximum Gasteiger partial charge on any atom is 0.407 e. The lowest BCUT2D eigenvalue weighted by Gasteiger charge is -2.07. The molecule has 142 valence electrons. The van der Waals surface area contributed by atoms with Crippen LogP contribution in [0.1, 0.15) is 18.4 Å². The summed E-state index contributed by atoms with van der Waals surface area (Å²) in [5.74, 6) is 0.260. The Bertz CT molecular complexity index is 901. The molecule has 0 saturated carbocycles. The van der Waals surface area contributed by atoms with E-state index in [-0.39, 0.29) is 11.1 Å². The van der Waals surface area contributed by atoms with Crippen LogP contribution >= 0.6 is 11.6 Å². The molecule has 0 atom stereocenters. The standard InChI is InChI=1S/C17H20ClN7O2/c18-16-23-14(19)13-15(24-16)25(11-22-13)9-1-2-10-27-17(26)21-8-5-12-3-6-20-7-4-12/h3-4,6-7,11H,1-2,5,8-10H2,(H,21,26)(H2,19,23,24). The molecule has 0 saturated heterocycles. The number of fused-ring (bicyclic) bond motifs is 1. The molecule has 3 aromatic rings. The average molecular weight is 390 g/mol. The second-order valence-electron chi connectivity index (χ2n) is 5.86. The predicted octanol–water partition coefficient (Wildman–Crippen LogP) is 2.21. The molecule has 0 aliphatic rings. The summed E-state index contributed by atoms with van der Waals surface area (Å²) in [6, 6.07) is 3.83. The summed E-state index contributed by atoms with van der Waals surface area (Å²) >= 11 is 5.84. The number of anilines is 1. The van der Waals surface area contributed by atoms with Crippen LogP contribution in [0.3, 0.4) is 0 Å². The van der Waals surface area contributed by atoms with Gasteiger partial charge in [-0.1, -0.05) is 0 Å². The summed E-state index contributed by atoms with van der Waals surface area (Å²) < 4.78 is 7.03. The number of aromatic nitrogens is 5. The number of aryl methyl sites for hydroxylation is 1. The number of carbonyl (C=O) groups excluding carboxylic acids is 1. The summed E-state index contributed by atoms with van der Waals surface area (Å²) in [6.07, 6.45) is 6.93. The zero-order valence-electron chi connectivity index (χ0n) is 14.6. The molecule has 1 amide bonds. The summed E-state index contributed by atoms with van der Waals surface area (Å²) in [6.45, 7) is 1.52. The smallest absolute Gasteiger partial charge is 0.407 e. The zero-order chi connectivity index (χ0) is 19.1. The first-order chi connectivity index (χ1) is 13.1. The Kier molecular flexibility index (Phi) is 6.37. The van der Waals surface area contributed by atoms with Crippen molar-refractivity contribution in [1.29, 1.82) is 0 Å². The van der Waals surface area contributed by atoms with Crippen molar-refractivity contribution in [1.82, 2.24) is 29.8 Å². The fourth-order valence-electron chi connectivity index (χ4n) is 2.56. The largest absolute Gasteiger partial charge is 0.450 e. The van der Waals surface area contributed by atoms with Gasteiger partial charge in [0.1, 0.15) is 5.52 Å². The van der Waals surface area contributed by atoms with Crippen LogP contribution in [0.4, 0.5) is 10.6 Å². The van der Waals surface area contributed by atoms with Crippen molar-refractivity contribution in [3.05, 3.63) is 41.7 Å². The minimum absolute atomic E-state index is 0.0912. The van der Waals surface area contributed by atoms with Crippen molar-refractivity contribution in [2.75, 3.05) is 18.9 Å². The van der Waals surface area contributed by atoms with E-state index in [0.29, 0.717) is 37.3 Å². The van der Waals surface area contributed by atoms with Crippen LogP contribution in [-0.4, -0.2) is 43.7 Å². The average Bonchev–Trinajstić information content (AvgIpc) is 3.05. The van der Waals surface area contributed by atoms with Crippen molar-refractivity contribution >= 4 is 34.7 Å². The maximum atomic E-state index is 11.7. The van der Waals surface area contributed by atoms with Gasteiger partial charge >= 0.3 is 6.09 Å². The minimum atomic E-state index is -0.413. The number of alkyl carbamates (subject to hydrolysis) is 1. The van der Waals surface area contributed by atoms with E-state index in [1.807, 2.05) is 16.7 Å². The van der Waals surface area contributed by atoms with Crippen molar-refractivity contribution in [2.45, 2.75) is 25.8 Å². The predicted molar refractivity (Wildman–Crippen MR) is 101 cm³/mol. The van der Waals surface area contributed by atoms with E-state index in [1.54, 1.807) is 18.7 Å². The number of nitrogens with zero attached hydrogens (tertiary/aromatic N) is 5. The van der Waals surface area contributed by atoms with Gasteiger partial charge in [-0.2, -0.15) is 9.97 Å². The molecule has 0 aliphatic heterocycles. The quantitative estimate of drug-likeness (QED) is 0.447. The van der Waals surface area contributed by atoms with Crippen LogP contribution in [0.2, 0.25) is 5.28 Å². The monoisotopic (exact) mass is 389 g/mol. The first-order valence-corrected chi connectivity index (χ1v) is 8.94. The van der Waals surface area contributed by atoms with Crippen LogP contribution in [-0.2, 0) is 17.7 Å². The lowest BCUT2D eigenvalue weighted by molar-refractivity contribution is 0.144. The SMILES string of the molecule is Nc1nc(Cl)nc2c1ncn2CCCCOC(=O)NCCc1ccncc1. The summed E-state index contributed by atoms with van der Waals surface area (Å²) in [5, 5.41) is 2.82. The second kappa shape index (κ2) is 9.13. The molecule has 0 bridgehead atoms. The zero-order valence-corrected chi connectivity index (χ0v) is 15.4. The van der Waals surface area contributed by atoms with Crippen LogP contribution in [0.5, 0.6) is 0 Å². The third-order valence-corrected chi connectivity index (χ3v) is 4.09. The van der Waals surface area contributed by atoms with E-state index >= 15 is 0 Å². The van der Waals surface area contributed by atoms with Crippen LogP contribution in [0, 0.1) is 0 Å². The molecule has 3 aromatic heterocycles. The number of amides is 1. The molecule has 3 heterocycles. The molecule has 0 spiro atoms. The molecule has 10 heteroatoms. The fraction of sp³-hybridized carbons (Fsp3) is 0.353. The van der Waals surface area contributed by atoms with Crippen LogP contribution < -0.4 is 11.1 Å². The van der Waals surface area contributed by atoms with E-state index in [0.717, 1.165) is 18.4 Å². The number of nitrogen functional groups attached to an aromatic ring is 1. The van der Waals surface area contributed by atoms with Crippen molar-refractivity contribution in [2.24, 2.45) is 0 Å². The number of nitrogens with two attached hydrogens (primary N) is 1. The Hall–Kier alpha value is -2.94. The molecule has 0 unspecified atom stereocenters. The number of unbranched alkanes of at least 4 members (excludes halogenated alkanes) is 1. The van der Waals surface area contributed by atoms with E-state index in [2.05, 4.69) is 25.3 Å². The fourth-order valence-corrected chi connectivity index (χ4v) is 2.73. The topological polar surface area (TPSA) is 121 Å². The second-order valence-corrected chi connectivity index (χ2v) is 6.20. The van der Waals surface area contributed by atoms with Gasteiger partial charge in [0, 0.05) is 25.5 Å². The molecule has 0 fully saturated rings. The number of pyridine rings is 1. The third-order valence-electron chi connectivity index (χ3n) is 3.92. The van der Waals surface area contributed by atoms with Crippen LogP contribution in [0.25, 0.3) is 11.2 Å². The Balaban J connectivity index is 1.34. The Morgan fingerprint density at radius 3 is 2.89 bits per heavy atom. The first kappa shape index (κ1) is 18.8. The number of ether oxygens (including phenoxy) is 1. The van der Waals surface area contributed by atoms with E-state index in [1.165, 1.54) is 0 Å². The summed E-state index contributed by atoms with van der Waals surface area (Å²) in [4.78, 5) is 27.9. The number of carbonyl (C=O) groups is 1. The lowest BCUT2D eigenvalue weighted by Crippen LogP contribution is -2.26. The summed E-state index contributed by atoms with van der Waals surface area (Å²) in [7, 11) is 0. The number of halogens is 1. The minimum Gasteiger partial charge on any atom is -0.450 e. The highest BCUT2D eigenvalue weighted by molar-refractivity contribution is 6.28. The molecule has 27 heavy (non-hydrogen) atoms. The van der Waals surface area contributed by atoms with E-state index in [4.69, 9.17) is 22.1 Å². The Labute approximate surface area is 160 Å².